The summed E-state index contributed by atoms with van der Waals surface area (Å²) in [6, 6.07) is 9.16. The molecular weight excluding hydrogens is 258 g/mol. The summed E-state index contributed by atoms with van der Waals surface area (Å²) in [6.45, 7) is 3.62. The molecule has 0 saturated carbocycles. The van der Waals surface area contributed by atoms with Crippen LogP contribution in [0.25, 0.3) is 0 Å². The number of hydrogen-bond acceptors (Lipinski definition) is 4. The van der Waals surface area contributed by atoms with Crippen molar-refractivity contribution in [3.63, 3.8) is 0 Å². The van der Waals surface area contributed by atoms with Gasteiger partial charge in [0.15, 0.2) is 0 Å². The molecule has 106 valence electrons. The van der Waals surface area contributed by atoms with Gasteiger partial charge in [0, 0.05) is 6.42 Å². The molecule has 0 radical (unpaired) electrons. The number of ether oxygens (including phenoxy) is 1. The Kier molecular flexibility index (Phi) is 4.53. The van der Waals surface area contributed by atoms with E-state index < -0.39 is 18.1 Å². The van der Waals surface area contributed by atoms with Crippen LogP contribution >= 0.6 is 0 Å². The van der Waals surface area contributed by atoms with Gasteiger partial charge in [-0.2, -0.15) is 0 Å². The van der Waals surface area contributed by atoms with E-state index in [4.69, 9.17) is 4.74 Å². The molecule has 1 N–H and O–H groups in total. The average molecular weight is 275 g/mol. The van der Waals surface area contributed by atoms with Gasteiger partial charge in [-0.15, -0.1) is 6.58 Å². The summed E-state index contributed by atoms with van der Waals surface area (Å²) < 4.78 is 4.93. The third-order valence-corrected chi connectivity index (χ3v) is 3.19. The highest BCUT2D eigenvalue weighted by Gasteiger charge is 2.39. The van der Waals surface area contributed by atoms with E-state index in [1.54, 1.807) is 0 Å². The smallest absolute Gasteiger partial charge is 0.417 e. The molecule has 1 aliphatic heterocycles. The number of rotatable bonds is 5. The van der Waals surface area contributed by atoms with Gasteiger partial charge >= 0.3 is 6.09 Å². The van der Waals surface area contributed by atoms with Gasteiger partial charge < -0.3 is 9.84 Å². The summed E-state index contributed by atoms with van der Waals surface area (Å²) in [5, 5.41) is 9.71. The van der Waals surface area contributed by atoms with Crippen molar-refractivity contribution in [2.24, 2.45) is 0 Å². The quantitative estimate of drug-likeness (QED) is 0.827. The fourth-order valence-corrected chi connectivity index (χ4v) is 2.19. The van der Waals surface area contributed by atoms with Crippen LogP contribution in [0.3, 0.4) is 0 Å². The van der Waals surface area contributed by atoms with Crippen molar-refractivity contribution in [3.05, 3.63) is 48.6 Å². The highest BCUT2D eigenvalue weighted by atomic mass is 16.6. The lowest BCUT2D eigenvalue weighted by molar-refractivity contribution is -0.137. The first kappa shape index (κ1) is 14.3. The monoisotopic (exact) mass is 275 g/mol. The summed E-state index contributed by atoms with van der Waals surface area (Å²) in [7, 11) is 0. The van der Waals surface area contributed by atoms with Crippen LogP contribution in [0.5, 0.6) is 0 Å². The minimum absolute atomic E-state index is 0.112. The number of imide groups is 1. The minimum atomic E-state index is -1.25. The first-order chi connectivity index (χ1) is 9.63. The topological polar surface area (TPSA) is 66.8 Å². The van der Waals surface area contributed by atoms with E-state index in [2.05, 4.69) is 6.58 Å². The Bertz CT molecular complexity index is 500. The maximum atomic E-state index is 12.1. The Hall–Kier alpha value is -2.14. The molecule has 1 aromatic carbocycles. The first-order valence-electron chi connectivity index (χ1n) is 6.46. The highest BCUT2D eigenvalue weighted by Crippen LogP contribution is 2.19. The van der Waals surface area contributed by atoms with Crippen LogP contribution in [0.15, 0.2) is 43.0 Å². The van der Waals surface area contributed by atoms with Crippen LogP contribution in [-0.2, 0) is 16.0 Å². The second kappa shape index (κ2) is 6.34. The van der Waals surface area contributed by atoms with Crippen LogP contribution in [0.1, 0.15) is 12.0 Å². The zero-order valence-electron chi connectivity index (χ0n) is 11.1. The predicted octanol–water partition coefficient (Wildman–Crippen LogP) is 1.51. The highest BCUT2D eigenvalue weighted by molar-refractivity contribution is 5.95. The first-order valence-corrected chi connectivity index (χ1v) is 6.46. The molecule has 0 unspecified atom stereocenters. The third kappa shape index (κ3) is 3.05. The molecule has 2 amide bonds. The van der Waals surface area contributed by atoms with E-state index in [1.807, 2.05) is 30.3 Å². The van der Waals surface area contributed by atoms with E-state index in [9.17, 15) is 14.7 Å². The molecule has 5 heteroatoms. The van der Waals surface area contributed by atoms with Gasteiger partial charge in [-0.1, -0.05) is 36.4 Å². The van der Waals surface area contributed by atoms with Crippen molar-refractivity contribution in [1.29, 1.82) is 0 Å². The molecule has 0 bridgehead atoms. The second-order valence-corrected chi connectivity index (χ2v) is 4.67. The van der Waals surface area contributed by atoms with Crippen molar-refractivity contribution >= 4 is 12.0 Å². The molecule has 1 aliphatic rings. The van der Waals surface area contributed by atoms with E-state index in [0.29, 0.717) is 6.42 Å². The normalized spacial score (nSPS) is 19.6. The lowest BCUT2D eigenvalue weighted by Gasteiger charge is -2.21. The fraction of sp³-hybridized carbons (Fsp3) is 0.333. The number of carbonyl (C=O) groups excluding carboxylic acids is 2. The zero-order valence-corrected chi connectivity index (χ0v) is 11.1. The molecule has 2 atom stereocenters. The molecule has 5 nitrogen and oxygen atoms in total. The number of aliphatic hydroxyl groups excluding tert-OH is 1. The van der Waals surface area contributed by atoms with Crippen LogP contribution < -0.4 is 0 Å². The van der Waals surface area contributed by atoms with Crippen LogP contribution in [0, 0.1) is 0 Å². The number of benzene rings is 1. The molecule has 0 aliphatic carbocycles. The lowest BCUT2D eigenvalue weighted by Crippen LogP contribution is -2.45. The number of carbonyl (C=O) groups is 2. The number of nitrogens with zero attached hydrogens (tertiary/aromatic N) is 1. The molecule has 1 fully saturated rings. The molecular formula is C15H17NO4. The molecule has 2 rings (SSSR count). The zero-order chi connectivity index (χ0) is 14.5. The Morgan fingerprint density at radius 3 is 2.85 bits per heavy atom. The fourth-order valence-electron chi connectivity index (χ4n) is 2.19. The summed E-state index contributed by atoms with van der Waals surface area (Å²) in [5.74, 6) is -0.631. The Labute approximate surface area is 117 Å². The largest absolute Gasteiger partial charge is 0.447 e. The Balaban J connectivity index is 2.10. The van der Waals surface area contributed by atoms with Gasteiger partial charge in [-0.05, 0) is 12.0 Å². The Morgan fingerprint density at radius 1 is 1.50 bits per heavy atom. The summed E-state index contributed by atoms with van der Waals surface area (Å²) in [6.07, 6.45) is 0.117. The molecule has 1 heterocycles. The van der Waals surface area contributed by atoms with Crippen molar-refractivity contribution in [2.45, 2.75) is 25.0 Å². The summed E-state index contributed by atoms with van der Waals surface area (Å²) >= 11 is 0. The summed E-state index contributed by atoms with van der Waals surface area (Å²) in [4.78, 5) is 24.8. The molecule has 20 heavy (non-hydrogen) atoms. The van der Waals surface area contributed by atoms with Gasteiger partial charge in [-0.3, -0.25) is 4.79 Å². The predicted molar refractivity (Wildman–Crippen MR) is 72.9 cm³/mol. The lowest BCUT2D eigenvalue weighted by atomic mass is 10.1. The molecule has 1 aromatic rings. The van der Waals surface area contributed by atoms with Gasteiger partial charge in [0.2, 0.25) is 0 Å². The number of aliphatic hydroxyl groups is 1. The van der Waals surface area contributed by atoms with Crippen molar-refractivity contribution in [1.82, 2.24) is 4.90 Å². The van der Waals surface area contributed by atoms with Crippen LogP contribution in [0.4, 0.5) is 4.79 Å². The van der Waals surface area contributed by atoms with E-state index >= 15 is 0 Å². The van der Waals surface area contributed by atoms with Gasteiger partial charge in [0.05, 0.1) is 6.04 Å². The summed E-state index contributed by atoms with van der Waals surface area (Å²) in [5.41, 5.74) is 1.01. The van der Waals surface area contributed by atoms with Gasteiger partial charge in [0.25, 0.3) is 5.91 Å². The van der Waals surface area contributed by atoms with Crippen LogP contribution in [0.2, 0.25) is 0 Å². The van der Waals surface area contributed by atoms with Crippen LogP contribution in [-0.4, -0.2) is 40.8 Å². The maximum Gasteiger partial charge on any atom is 0.417 e. The van der Waals surface area contributed by atoms with Crippen molar-refractivity contribution in [3.8, 4) is 0 Å². The van der Waals surface area contributed by atoms with E-state index in [0.717, 1.165) is 10.5 Å². The molecule has 0 aromatic heterocycles. The maximum absolute atomic E-state index is 12.1. The van der Waals surface area contributed by atoms with Gasteiger partial charge in [-0.25, -0.2) is 9.69 Å². The van der Waals surface area contributed by atoms with Crippen molar-refractivity contribution in [2.75, 3.05) is 6.61 Å². The van der Waals surface area contributed by atoms with Gasteiger partial charge in [0.1, 0.15) is 12.7 Å². The van der Waals surface area contributed by atoms with Crippen molar-refractivity contribution < 1.29 is 19.4 Å². The second-order valence-electron chi connectivity index (χ2n) is 4.67. The number of cyclic esters (lactones) is 1. The average Bonchev–Trinajstić information content (AvgIpc) is 2.80. The SMILES string of the molecule is C=CC[C@@H](O)C(=O)N1C(=O)OC[C@H]1Cc1ccccc1. The number of hydrogen-bond donors (Lipinski definition) is 1. The molecule has 1 saturated heterocycles. The van der Waals surface area contributed by atoms with E-state index in [1.165, 1.54) is 6.08 Å². The standard InChI is InChI=1S/C15H17NO4/c1-2-6-13(17)14(18)16-12(10-20-15(16)19)9-11-7-4-3-5-8-11/h2-5,7-8,12-13,17H,1,6,9-10H2/t12-,13-/m1/s1. The third-order valence-electron chi connectivity index (χ3n) is 3.19. The number of amides is 2. The molecule has 0 spiro atoms. The van der Waals surface area contributed by atoms with E-state index in [-0.39, 0.29) is 19.1 Å². The Morgan fingerprint density at radius 2 is 2.20 bits per heavy atom. The minimum Gasteiger partial charge on any atom is -0.447 e.